The van der Waals surface area contributed by atoms with Crippen molar-refractivity contribution in [2.45, 2.75) is 26.3 Å². The van der Waals surface area contributed by atoms with E-state index in [-0.39, 0.29) is 12.5 Å². The third-order valence-corrected chi connectivity index (χ3v) is 3.01. The first-order valence-corrected chi connectivity index (χ1v) is 6.20. The molecule has 1 aromatic carbocycles. The van der Waals surface area contributed by atoms with Crippen LogP contribution in [0.4, 0.5) is 0 Å². The van der Waals surface area contributed by atoms with E-state index in [1.807, 2.05) is 30.3 Å². The van der Waals surface area contributed by atoms with Crippen molar-refractivity contribution in [3.8, 4) is 0 Å². The van der Waals surface area contributed by atoms with Gasteiger partial charge >= 0.3 is 0 Å². The van der Waals surface area contributed by atoms with Crippen molar-refractivity contribution >= 4 is 11.8 Å². The van der Waals surface area contributed by atoms with Crippen molar-refractivity contribution in [2.24, 2.45) is 16.9 Å². The molecule has 0 heterocycles. The molecule has 5 N–H and O–H groups in total. The number of primary amides is 1. The molecule has 0 aliphatic rings. The summed E-state index contributed by atoms with van der Waals surface area (Å²) in [5.74, 6) is -0.734. The largest absolute Gasteiger partial charge is 0.369 e. The predicted molar refractivity (Wildman–Crippen MR) is 74.1 cm³/mol. The maximum absolute atomic E-state index is 11.8. The van der Waals surface area contributed by atoms with Gasteiger partial charge in [-0.15, -0.1) is 0 Å². The summed E-state index contributed by atoms with van der Waals surface area (Å²) in [7, 11) is 0. The summed E-state index contributed by atoms with van der Waals surface area (Å²) in [6, 6.07) is 8.91. The maximum Gasteiger partial charge on any atom is 0.237 e. The average molecular weight is 263 g/mol. The van der Waals surface area contributed by atoms with Crippen LogP contribution in [0.15, 0.2) is 30.3 Å². The van der Waals surface area contributed by atoms with E-state index in [1.165, 1.54) is 0 Å². The Morgan fingerprint density at radius 1 is 1.26 bits per heavy atom. The molecule has 1 aromatic rings. The molecule has 19 heavy (non-hydrogen) atoms. The Balaban J connectivity index is 2.48. The lowest BCUT2D eigenvalue weighted by Crippen LogP contribution is -2.48. The van der Waals surface area contributed by atoms with E-state index in [0.29, 0.717) is 6.42 Å². The molecule has 5 heteroatoms. The fraction of sp³-hybridized carbons (Fsp3) is 0.429. The minimum atomic E-state index is -0.776. The van der Waals surface area contributed by atoms with Crippen molar-refractivity contribution in [3.63, 3.8) is 0 Å². The van der Waals surface area contributed by atoms with Crippen LogP contribution in [-0.4, -0.2) is 24.4 Å². The highest BCUT2D eigenvalue weighted by Crippen LogP contribution is 2.12. The third kappa shape index (κ3) is 4.71. The van der Waals surface area contributed by atoms with Gasteiger partial charge < -0.3 is 16.8 Å². The van der Waals surface area contributed by atoms with E-state index in [4.69, 9.17) is 11.5 Å². The lowest BCUT2D eigenvalue weighted by molar-refractivity contribution is -0.127. The standard InChI is InChI=1S/C14H21N3O2/c1-14(2,13(16)19)9-17-12(18)11(15)8-10-6-4-3-5-7-10/h3-7,11H,8-9,15H2,1-2H3,(H2,16,19)(H,17,18)/t11-/m0/s1. The number of carbonyl (C=O) groups is 2. The number of nitrogens with two attached hydrogens (primary N) is 2. The van der Waals surface area contributed by atoms with Gasteiger partial charge in [-0.2, -0.15) is 0 Å². The van der Waals surface area contributed by atoms with Crippen LogP contribution in [0, 0.1) is 5.41 Å². The van der Waals surface area contributed by atoms with Crippen molar-refractivity contribution < 1.29 is 9.59 Å². The quantitative estimate of drug-likeness (QED) is 0.683. The molecular formula is C14H21N3O2. The molecule has 104 valence electrons. The first-order valence-electron chi connectivity index (χ1n) is 6.20. The highest BCUT2D eigenvalue weighted by molar-refractivity contribution is 5.84. The number of amides is 2. The topological polar surface area (TPSA) is 98.2 Å². The number of benzene rings is 1. The molecule has 0 fully saturated rings. The fourth-order valence-electron chi connectivity index (χ4n) is 1.49. The van der Waals surface area contributed by atoms with Crippen LogP contribution in [0.3, 0.4) is 0 Å². The molecule has 2 amide bonds. The van der Waals surface area contributed by atoms with Gasteiger partial charge in [0.1, 0.15) is 0 Å². The minimum Gasteiger partial charge on any atom is -0.369 e. The zero-order valence-electron chi connectivity index (χ0n) is 11.3. The molecule has 1 rings (SSSR count). The van der Waals surface area contributed by atoms with Crippen LogP contribution in [0.1, 0.15) is 19.4 Å². The highest BCUT2D eigenvalue weighted by Gasteiger charge is 2.26. The monoisotopic (exact) mass is 263 g/mol. The zero-order chi connectivity index (χ0) is 14.5. The van der Waals surface area contributed by atoms with Gasteiger partial charge in [-0.1, -0.05) is 30.3 Å². The Morgan fingerprint density at radius 3 is 2.37 bits per heavy atom. The Hall–Kier alpha value is -1.88. The number of rotatable bonds is 6. The van der Waals surface area contributed by atoms with E-state index < -0.39 is 17.4 Å². The molecule has 0 bridgehead atoms. The van der Waals surface area contributed by atoms with Crippen molar-refractivity contribution in [2.75, 3.05) is 6.54 Å². The Kier molecular flexibility index (Phi) is 5.06. The number of hydrogen-bond donors (Lipinski definition) is 3. The SMILES string of the molecule is CC(C)(CNC(=O)[C@@H](N)Cc1ccccc1)C(N)=O. The summed E-state index contributed by atoms with van der Waals surface area (Å²) in [6.45, 7) is 3.54. The lowest BCUT2D eigenvalue weighted by atomic mass is 9.92. The molecule has 0 radical (unpaired) electrons. The fourth-order valence-corrected chi connectivity index (χ4v) is 1.49. The van der Waals surface area contributed by atoms with Gasteiger partial charge in [0.25, 0.3) is 0 Å². The lowest BCUT2D eigenvalue weighted by Gasteiger charge is -2.22. The van der Waals surface area contributed by atoms with Crippen LogP contribution >= 0.6 is 0 Å². The summed E-state index contributed by atoms with van der Waals surface area (Å²) in [5, 5.41) is 2.66. The highest BCUT2D eigenvalue weighted by atomic mass is 16.2. The molecule has 0 saturated heterocycles. The van der Waals surface area contributed by atoms with Crippen LogP contribution in [-0.2, 0) is 16.0 Å². The van der Waals surface area contributed by atoms with E-state index in [2.05, 4.69) is 5.32 Å². The third-order valence-electron chi connectivity index (χ3n) is 3.01. The van der Waals surface area contributed by atoms with Crippen LogP contribution in [0.25, 0.3) is 0 Å². The molecular weight excluding hydrogens is 242 g/mol. The first-order chi connectivity index (χ1) is 8.83. The van der Waals surface area contributed by atoms with Gasteiger partial charge in [0, 0.05) is 6.54 Å². The van der Waals surface area contributed by atoms with Gasteiger partial charge in [0.2, 0.25) is 11.8 Å². The average Bonchev–Trinajstić information content (AvgIpc) is 2.37. The minimum absolute atomic E-state index is 0.184. The van der Waals surface area contributed by atoms with E-state index in [9.17, 15) is 9.59 Å². The Morgan fingerprint density at radius 2 is 1.84 bits per heavy atom. The smallest absolute Gasteiger partial charge is 0.237 e. The summed E-state index contributed by atoms with van der Waals surface area (Å²) in [6.07, 6.45) is 0.462. The van der Waals surface area contributed by atoms with Gasteiger partial charge in [-0.3, -0.25) is 9.59 Å². The van der Waals surface area contributed by atoms with Gasteiger partial charge in [0.05, 0.1) is 11.5 Å². The van der Waals surface area contributed by atoms with Crippen molar-refractivity contribution in [1.82, 2.24) is 5.32 Å². The number of hydrogen-bond acceptors (Lipinski definition) is 3. The Bertz CT molecular complexity index is 443. The Labute approximate surface area is 113 Å². The summed E-state index contributed by atoms with van der Waals surface area (Å²) in [4.78, 5) is 23.0. The molecule has 1 atom stereocenters. The summed E-state index contributed by atoms with van der Waals surface area (Å²) in [5.41, 5.74) is 11.3. The number of nitrogens with one attached hydrogen (secondary N) is 1. The van der Waals surface area contributed by atoms with Crippen molar-refractivity contribution in [3.05, 3.63) is 35.9 Å². The molecule has 0 aromatic heterocycles. The van der Waals surface area contributed by atoms with E-state index in [1.54, 1.807) is 13.8 Å². The maximum atomic E-state index is 11.8. The zero-order valence-corrected chi connectivity index (χ0v) is 11.3. The first kappa shape index (κ1) is 15.2. The van der Waals surface area contributed by atoms with Gasteiger partial charge in [-0.05, 0) is 25.8 Å². The molecule has 0 saturated carbocycles. The van der Waals surface area contributed by atoms with E-state index in [0.717, 1.165) is 5.56 Å². The van der Waals surface area contributed by atoms with Gasteiger partial charge in [0.15, 0.2) is 0 Å². The van der Waals surface area contributed by atoms with Crippen LogP contribution in [0.5, 0.6) is 0 Å². The van der Waals surface area contributed by atoms with Gasteiger partial charge in [-0.25, -0.2) is 0 Å². The number of carbonyl (C=O) groups excluding carboxylic acids is 2. The van der Waals surface area contributed by atoms with E-state index >= 15 is 0 Å². The summed E-state index contributed by atoms with van der Waals surface area (Å²) >= 11 is 0. The summed E-state index contributed by atoms with van der Waals surface area (Å²) < 4.78 is 0. The van der Waals surface area contributed by atoms with Crippen molar-refractivity contribution in [1.29, 1.82) is 0 Å². The predicted octanol–water partition coefficient (Wildman–Crippen LogP) is 0.184. The van der Waals surface area contributed by atoms with Crippen LogP contribution < -0.4 is 16.8 Å². The molecule has 5 nitrogen and oxygen atoms in total. The molecule has 0 spiro atoms. The second-order valence-corrected chi connectivity index (χ2v) is 5.26. The second kappa shape index (κ2) is 6.33. The normalized spacial score (nSPS) is 12.8. The van der Waals surface area contributed by atoms with Crippen LogP contribution in [0.2, 0.25) is 0 Å². The molecule has 0 aliphatic heterocycles. The second-order valence-electron chi connectivity index (χ2n) is 5.26. The molecule has 0 aliphatic carbocycles. The molecule has 0 unspecified atom stereocenters.